The van der Waals surface area contributed by atoms with Gasteiger partial charge < -0.3 is 5.32 Å². The molecule has 138 valence electrons. The molecule has 3 aromatic rings. The van der Waals surface area contributed by atoms with Crippen molar-refractivity contribution < 1.29 is 4.79 Å². The first-order valence-corrected chi connectivity index (χ1v) is 9.64. The van der Waals surface area contributed by atoms with Gasteiger partial charge in [-0.15, -0.1) is 0 Å². The van der Waals surface area contributed by atoms with E-state index in [1.165, 1.54) is 4.57 Å². The Morgan fingerprint density at radius 3 is 2.67 bits per heavy atom. The average Bonchev–Trinajstić information content (AvgIpc) is 2.65. The van der Waals surface area contributed by atoms with Crippen LogP contribution in [0.25, 0.3) is 5.69 Å². The third-order valence-electron chi connectivity index (χ3n) is 3.92. The lowest BCUT2D eigenvalue weighted by atomic mass is 10.1. The maximum atomic E-state index is 12.6. The minimum atomic E-state index is -0.274. The number of benzene rings is 2. The number of aromatic nitrogens is 2. The van der Waals surface area contributed by atoms with Gasteiger partial charge in [-0.05, 0) is 55.3 Å². The van der Waals surface area contributed by atoms with Crippen molar-refractivity contribution in [1.82, 2.24) is 9.55 Å². The summed E-state index contributed by atoms with van der Waals surface area (Å²) in [6.45, 7) is 3.91. The third kappa shape index (κ3) is 4.78. The van der Waals surface area contributed by atoms with Crippen molar-refractivity contribution in [2.45, 2.75) is 18.9 Å². The van der Waals surface area contributed by atoms with Crippen molar-refractivity contribution in [3.8, 4) is 5.69 Å². The Bertz CT molecular complexity index is 1030. The summed E-state index contributed by atoms with van der Waals surface area (Å²) in [6.07, 6.45) is 3.13. The van der Waals surface area contributed by atoms with Gasteiger partial charge in [0.2, 0.25) is 5.91 Å². The fourth-order valence-corrected chi connectivity index (χ4v) is 3.31. The minimum Gasteiger partial charge on any atom is -0.325 e. The zero-order valence-corrected chi connectivity index (χ0v) is 16.5. The van der Waals surface area contributed by atoms with Gasteiger partial charge in [-0.3, -0.25) is 14.2 Å². The second-order valence-corrected chi connectivity index (χ2v) is 7.44. The summed E-state index contributed by atoms with van der Waals surface area (Å²) in [5.41, 5.74) is 3.25. The van der Waals surface area contributed by atoms with E-state index in [1.807, 2.05) is 32.0 Å². The maximum absolute atomic E-state index is 12.6. The molecule has 0 aliphatic carbocycles. The van der Waals surface area contributed by atoms with Crippen molar-refractivity contribution in [3.63, 3.8) is 0 Å². The smallest absolute Gasteiger partial charge is 0.287 e. The van der Waals surface area contributed by atoms with Gasteiger partial charge in [-0.2, -0.15) is 0 Å². The molecule has 0 atom stereocenters. The van der Waals surface area contributed by atoms with Crippen LogP contribution in [0.3, 0.4) is 0 Å². The molecule has 3 rings (SSSR count). The van der Waals surface area contributed by atoms with Gasteiger partial charge in [0.05, 0.1) is 5.75 Å². The first-order valence-electron chi connectivity index (χ1n) is 8.27. The molecule has 1 N–H and O–H groups in total. The van der Waals surface area contributed by atoms with Gasteiger partial charge in [0, 0.05) is 28.8 Å². The van der Waals surface area contributed by atoms with Crippen LogP contribution in [0.2, 0.25) is 5.02 Å². The summed E-state index contributed by atoms with van der Waals surface area (Å²) in [5.74, 6) is -0.0860. The van der Waals surface area contributed by atoms with Crippen molar-refractivity contribution in [2.24, 2.45) is 0 Å². The van der Waals surface area contributed by atoms with Crippen molar-refractivity contribution in [1.29, 1.82) is 0 Å². The average molecular weight is 400 g/mol. The molecule has 0 radical (unpaired) electrons. The predicted octanol–water partition coefficient (Wildman–Crippen LogP) is 4.23. The van der Waals surface area contributed by atoms with E-state index in [-0.39, 0.29) is 22.2 Å². The number of aryl methyl sites for hydroxylation is 2. The summed E-state index contributed by atoms with van der Waals surface area (Å²) in [4.78, 5) is 29.0. The van der Waals surface area contributed by atoms with Crippen LogP contribution < -0.4 is 10.9 Å². The number of carbonyl (C=O) groups is 1. The van der Waals surface area contributed by atoms with Crippen LogP contribution in [0.1, 0.15) is 11.1 Å². The molecular weight excluding hydrogens is 382 g/mol. The van der Waals surface area contributed by atoms with Crippen LogP contribution >= 0.6 is 23.4 Å². The zero-order chi connectivity index (χ0) is 19.4. The summed E-state index contributed by atoms with van der Waals surface area (Å²) >= 11 is 7.01. The molecule has 2 aromatic carbocycles. The number of thioether (sulfide) groups is 1. The molecule has 0 fully saturated rings. The van der Waals surface area contributed by atoms with E-state index in [2.05, 4.69) is 10.3 Å². The number of amides is 1. The van der Waals surface area contributed by atoms with Gasteiger partial charge >= 0.3 is 0 Å². The molecule has 1 amide bonds. The molecule has 5 nitrogen and oxygen atoms in total. The van der Waals surface area contributed by atoms with E-state index >= 15 is 0 Å². The third-order valence-corrected chi connectivity index (χ3v) is 5.13. The molecule has 0 unspecified atom stereocenters. The highest BCUT2D eigenvalue weighted by Gasteiger charge is 2.11. The maximum Gasteiger partial charge on any atom is 0.287 e. The molecule has 0 saturated carbocycles. The van der Waals surface area contributed by atoms with E-state index in [9.17, 15) is 9.59 Å². The fraction of sp³-hybridized carbons (Fsp3) is 0.150. The number of carbonyl (C=O) groups excluding carboxylic acids is 1. The van der Waals surface area contributed by atoms with E-state index < -0.39 is 0 Å². The van der Waals surface area contributed by atoms with E-state index in [0.29, 0.717) is 10.7 Å². The number of hydrogen-bond acceptors (Lipinski definition) is 4. The lowest BCUT2D eigenvalue weighted by Crippen LogP contribution is -2.22. The monoisotopic (exact) mass is 399 g/mol. The largest absolute Gasteiger partial charge is 0.325 e. The minimum absolute atomic E-state index is 0.0975. The van der Waals surface area contributed by atoms with Gasteiger partial charge in [-0.25, -0.2) is 4.98 Å². The lowest BCUT2D eigenvalue weighted by Gasteiger charge is -2.10. The molecule has 0 aliphatic heterocycles. The molecule has 0 bridgehead atoms. The number of halogens is 1. The van der Waals surface area contributed by atoms with Crippen molar-refractivity contribution >= 4 is 35.0 Å². The number of nitrogens with zero attached hydrogens (tertiary/aromatic N) is 2. The number of nitrogens with one attached hydrogen (secondary N) is 1. The lowest BCUT2D eigenvalue weighted by molar-refractivity contribution is -0.113. The van der Waals surface area contributed by atoms with Crippen molar-refractivity contribution in [2.75, 3.05) is 11.1 Å². The fourth-order valence-electron chi connectivity index (χ4n) is 2.49. The predicted molar refractivity (Wildman–Crippen MR) is 110 cm³/mol. The Labute approximate surface area is 166 Å². The van der Waals surface area contributed by atoms with Gasteiger partial charge in [-0.1, -0.05) is 35.5 Å². The van der Waals surface area contributed by atoms with Crippen LogP contribution in [-0.2, 0) is 4.79 Å². The molecule has 27 heavy (non-hydrogen) atoms. The second-order valence-electron chi connectivity index (χ2n) is 6.04. The SMILES string of the molecule is Cc1ccc(C)c(NC(=O)CSc2nccn(-c3ccc(Cl)cc3)c2=O)c1. The molecule has 0 aliphatic rings. The summed E-state index contributed by atoms with van der Waals surface area (Å²) in [5, 5.41) is 3.75. The molecule has 7 heteroatoms. The van der Waals surface area contributed by atoms with E-state index in [1.54, 1.807) is 36.7 Å². The Morgan fingerprint density at radius 2 is 1.93 bits per heavy atom. The van der Waals surface area contributed by atoms with Crippen molar-refractivity contribution in [3.05, 3.63) is 81.4 Å². The Morgan fingerprint density at radius 1 is 1.19 bits per heavy atom. The van der Waals surface area contributed by atoms with Crippen LogP contribution in [0, 0.1) is 13.8 Å². The van der Waals surface area contributed by atoms with Gasteiger partial charge in [0.25, 0.3) is 5.56 Å². The normalized spacial score (nSPS) is 10.6. The summed E-state index contributed by atoms with van der Waals surface area (Å²) < 4.78 is 1.48. The number of anilines is 1. The molecular formula is C20H18ClN3O2S. The zero-order valence-electron chi connectivity index (χ0n) is 14.9. The highest BCUT2D eigenvalue weighted by molar-refractivity contribution is 7.99. The van der Waals surface area contributed by atoms with Crippen LogP contribution in [0.5, 0.6) is 0 Å². The molecule has 1 heterocycles. The Hall–Kier alpha value is -2.57. The topological polar surface area (TPSA) is 64.0 Å². The Kier molecular flexibility index (Phi) is 5.98. The van der Waals surface area contributed by atoms with Crippen LogP contribution in [-0.4, -0.2) is 21.2 Å². The summed E-state index contributed by atoms with van der Waals surface area (Å²) in [7, 11) is 0. The highest BCUT2D eigenvalue weighted by atomic mass is 35.5. The first kappa shape index (κ1) is 19.2. The highest BCUT2D eigenvalue weighted by Crippen LogP contribution is 2.18. The molecule has 0 saturated heterocycles. The van der Waals surface area contributed by atoms with Gasteiger partial charge in [0.15, 0.2) is 5.03 Å². The molecule has 0 spiro atoms. The van der Waals surface area contributed by atoms with Crippen LogP contribution in [0.15, 0.2) is 64.7 Å². The van der Waals surface area contributed by atoms with E-state index in [4.69, 9.17) is 11.6 Å². The Balaban J connectivity index is 1.72. The molecule has 1 aromatic heterocycles. The van der Waals surface area contributed by atoms with Crippen LogP contribution in [0.4, 0.5) is 5.69 Å². The standard InChI is InChI=1S/C20H18ClN3O2S/c1-13-3-4-14(2)17(11-13)23-18(25)12-27-19-20(26)24(10-9-22-19)16-7-5-15(21)6-8-16/h3-11H,12H2,1-2H3,(H,23,25). The summed E-state index contributed by atoms with van der Waals surface area (Å²) in [6, 6.07) is 12.8. The van der Waals surface area contributed by atoms with Gasteiger partial charge in [0.1, 0.15) is 0 Å². The number of hydrogen-bond donors (Lipinski definition) is 1. The first-order chi connectivity index (χ1) is 12.9. The van der Waals surface area contributed by atoms with E-state index in [0.717, 1.165) is 28.6 Å². The second kappa shape index (κ2) is 8.41. The number of rotatable bonds is 5. The quantitative estimate of drug-likeness (QED) is 0.652.